The molecule has 0 aliphatic carbocycles. The molecule has 2 aromatic rings. The molecule has 19 heavy (non-hydrogen) atoms. The molecule has 0 radical (unpaired) electrons. The third-order valence-electron chi connectivity index (χ3n) is 3.16. The van der Waals surface area contributed by atoms with Crippen LogP contribution in [0.4, 0.5) is 0 Å². The van der Waals surface area contributed by atoms with Crippen LogP contribution >= 0.6 is 11.6 Å². The van der Waals surface area contributed by atoms with E-state index < -0.39 is 0 Å². The molecule has 0 aliphatic rings. The van der Waals surface area contributed by atoms with E-state index in [0.29, 0.717) is 11.7 Å². The van der Waals surface area contributed by atoms with Crippen molar-refractivity contribution in [1.82, 2.24) is 5.32 Å². The van der Waals surface area contributed by atoms with Gasteiger partial charge < -0.3 is 10.4 Å². The Balaban J connectivity index is 2.21. The summed E-state index contributed by atoms with van der Waals surface area (Å²) in [6, 6.07) is 15.4. The fourth-order valence-electron chi connectivity index (χ4n) is 2.28. The van der Waals surface area contributed by atoms with E-state index in [1.807, 2.05) is 43.4 Å². The standard InChI is InChI=1S/C16H18ClNO/c1-18-11-14(13-5-3-6-15(17)10-13)8-12-4-2-7-16(19)9-12/h2-7,9-10,14,18-19H,8,11H2,1H3. The van der Waals surface area contributed by atoms with Crippen LogP contribution < -0.4 is 5.32 Å². The molecule has 0 fully saturated rings. The highest BCUT2D eigenvalue weighted by Gasteiger charge is 2.12. The molecule has 0 heterocycles. The summed E-state index contributed by atoms with van der Waals surface area (Å²) >= 11 is 6.06. The predicted molar refractivity (Wildman–Crippen MR) is 79.9 cm³/mol. The molecular formula is C16H18ClNO. The Morgan fingerprint density at radius 2 is 1.95 bits per heavy atom. The quantitative estimate of drug-likeness (QED) is 0.874. The summed E-state index contributed by atoms with van der Waals surface area (Å²) in [5, 5.41) is 13.5. The molecule has 0 bridgehead atoms. The zero-order chi connectivity index (χ0) is 13.7. The van der Waals surface area contributed by atoms with Gasteiger partial charge in [-0.25, -0.2) is 0 Å². The van der Waals surface area contributed by atoms with E-state index in [1.54, 1.807) is 6.07 Å². The lowest BCUT2D eigenvalue weighted by Gasteiger charge is -2.17. The maximum Gasteiger partial charge on any atom is 0.115 e. The molecule has 2 N–H and O–H groups in total. The Labute approximate surface area is 119 Å². The highest BCUT2D eigenvalue weighted by atomic mass is 35.5. The van der Waals surface area contributed by atoms with Crippen molar-refractivity contribution in [2.45, 2.75) is 12.3 Å². The van der Waals surface area contributed by atoms with Crippen molar-refractivity contribution in [3.8, 4) is 5.75 Å². The monoisotopic (exact) mass is 275 g/mol. The van der Waals surface area contributed by atoms with Gasteiger partial charge in [0.1, 0.15) is 5.75 Å². The van der Waals surface area contributed by atoms with Crippen molar-refractivity contribution in [3.05, 3.63) is 64.7 Å². The van der Waals surface area contributed by atoms with Crippen LogP contribution in [0, 0.1) is 0 Å². The molecule has 1 atom stereocenters. The number of phenols is 1. The van der Waals surface area contributed by atoms with E-state index >= 15 is 0 Å². The first-order valence-electron chi connectivity index (χ1n) is 6.37. The summed E-state index contributed by atoms with van der Waals surface area (Å²) in [4.78, 5) is 0. The molecule has 0 saturated carbocycles. The molecule has 0 saturated heterocycles. The van der Waals surface area contributed by atoms with Gasteiger partial charge in [0.15, 0.2) is 0 Å². The number of likely N-dealkylation sites (N-methyl/N-ethyl adjacent to an activating group) is 1. The van der Waals surface area contributed by atoms with Crippen molar-refractivity contribution in [2.24, 2.45) is 0 Å². The summed E-state index contributed by atoms with van der Waals surface area (Å²) < 4.78 is 0. The van der Waals surface area contributed by atoms with Crippen molar-refractivity contribution < 1.29 is 5.11 Å². The molecular weight excluding hydrogens is 258 g/mol. The number of benzene rings is 2. The number of rotatable bonds is 5. The predicted octanol–water partition coefficient (Wildman–Crippen LogP) is 3.59. The Bertz CT molecular complexity index is 542. The van der Waals surface area contributed by atoms with Crippen LogP contribution in [-0.4, -0.2) is 18.7 Å². The summed E-state index contributed by atoms with van der Waals surface area (Å²) in [5.41, 5.74) is 2.34. The van der Waals surface area contributed by atoms with Crippen molar-refractivity contribution in [1.29, 1.82) is 0 Å². The topological polar surface area (TPSA) is 32.3 Å². The van der Waals surface area contributed by atoms with Gasteiger partial charge in [-0.1, -0.05) is 35.9 Å². The minimum Gasteiger partial charge on any atom is -0.508 e. The van der Waals surface area contributed by atoms with Gasteiger partial charge >= 0.3 is 0 Å². The van der Waals surface area contributed by atoms with Gasteiger partial charge in [0.25, 0.3) is 0 Å². The maximum absolute atomic E-state index is 9.53. The second-order valence-corrected chi connectivity index (χ2v) is 5.12. The first-order valence-corrected chi connectivity index (χ1v) is 6.75. The van der Waals surface area contributed by atoms with Crippen LogP contribution in [0.25, 0.3) is 0 Å². The zero-order valence-electron chi connectivity index (χ0n) is 10.9. The van der Waals surface area contributed by atoms with Crippen LogP contribution in [0.3, 0.4) is 0 Å². The normalized spacial score (nSPS) is 12.3. The van der Waals surface area contributed by atoms with Crippen LogP contribution in [0.5, 0.6) is 5.75 Å². The molecule has 2 rings (SSSR count). The van der Waals surface area contributed by atoms with E-state index in [9.17, 15) is 5.11 Å². The second kappa shape index (κ2) is 6.60. The van der Waals surface area contributed by atoms with E-state index in [2.05, 4.69) is 11.4 Å². The van der Waals surface area contributed by atoms with Crippen LogP contribution in [0.1, 0.15) is 17.0 Å². The van der Waals surface area contributed by atoms with Gasteiger partial charge in [-0.05, 0) is 48.9 Å². The van der Waals surface area contributed by atoms with Gasteiger partial charge in [0.05, 0.1) is 0 Å². The Hall–Kier alpha value is -1.51. The lowest BCUT2D eigenvalue weighted by atomic mass is 9.92. The summed E-state index contributed by atoms with van der Waals surface area (Å²) in [6.07, 6.45) is 0.871. The highest BCUT2D eigenvalue weighted by Crippen LogP contribution is 2.24. The minimum atomic E-state index is 0.312. The van der Waals surface area contributed by atoms with Gasteiger partial charge in [0.2, 0.25) is 0 Å². The number of nitrogens with one attached hydrogen (secondary N) is 1. The van der Waals surface area contributed by atoms with E-state index in [1.165, 1.54) is 5.56 Å². The average molecular weight is 276 g/mol. The molecule has 100 valence electrons. The largest absolute Gasteiger partial charge is 0.508 e. The Morgan fingerprint density at radius 1 is 1.16 bits per heavy atom. The molecule has 0 spiro atoms. The van der Waals surface area contributed by atoms with Crippen LogP contribution in [0.2, 0.25) is 5.02 Å². The number of halogens is 1. The van der Waals surface area contributed by atoms with Crippen molar-refractivity contribution in [2.75, 3.05) is 13.6 Å². The molecule has 2 aromatic carbocycles. The minimum absolute atomic E-state index is 0.312. The van der Waals surface area contributed by atoms with Gasteiger partial charge in [-0.3, -0.25) is 0 Å². The SMILES string of the molecule is CNCC(Cc1cccc(O)c1)c1cccc(Cl)c1. The molecule has 0 aliphatic heterocycles. The number of phenolic OH excluding ortho intramolecular Hbond substituents is 1. The first-order chi connectivity index (χ1) is 9.19. The van der Waals surface area contributed by atoms with Crippen molar-refractivity contribution in [3.63, 3.8) is 0 Å². The second-order valence-electron chi connectivity index (χ2n) is 4.68. The lowest BCUT2D eigenvalue weighted by molar-refractivity contribution is 0.474. The molecule has 1 unspecified atom stereocenters. The van der Waals surface area contributed by atoms with Crippen LogP contribution in [-0.2, 0) is 6.42 Å². The number of hydrogen-bond acceptors (Lipinski definition) is 2. The molecule has 3 heteroatoms. The summed E-state index contributed by atoms with van der Waals surface area (Å²) in [6.45, 7) is 0.871. The van der Waals surface area contributed by atoms with Gasteiger partial charge in [0, 0.05) is 17.5 Å². The van der Waals surface area contributed by atoms with E-state index in [4.69, 9.17) is 11.6 Å². The highest BCUT2D eigenvalue weighted by molar-refractivity contribution is 6.30. The lowest BCUT2D eigenvalue weighted by Crippen LogP contribution is -2.19. The maximum atomic E-state index is 9.53. The third kappa shape index (κ3) is 3.98. The molecule has 0 aromatic heterocycles. The van der Waals surface area contributed by atoms with Crippen LogP contribution in [0.15, 0.2) is 48.5 Å². The Kier molecular flexibility index (Phi) is 4.83. The van der Waals surface area contributed by atoms with E-state index in [0.717, 1.165) is 23.6 Å². The van der Waals surface area contributed by atoms with Gasteiger partial charge in [-0.15, -0.1) is 0 Å². The van der Waals surface area contributed by atoms with Gasteiger partial charge in [-0.2, -0.15) is 0 Å². The summed E-state index contributed by atoms with van der Waals surface area (Å²) in [5.74, 6) is 0.650. The van der Waals surface area contributed by atoms with E-state index in [-0.39, 0.29) is 0 Å². The third-order valence-corrected chi connectivity index (χ3v) is 3.40. The average Bonchev–Trinajstić information content (AvgIpc) is 2.38. The fraction of sp³-hybridized carbons (Fsp3) is 0.250. The number of aromatic hydroxyl groups is 1. The Morgan fingerprint density at radius 3 is 2.63 bits per heavy atom. The number of hydrogen-bond donors (Lipinski definition) is 2. The molecule has 0 amide bonds. The summed E-state index contributed by atoms with van der Waals surface area (Å²) in [7, 11) is 1.94. The smallest absolute Gasteiger partial charge is 0.115 e. The first kappa shape index (κ1) is 13.9. The molecule has 2 nitrogen and oxygen atoms in total. The van der Waals surface area contributed by atoms with Crippen molar-refractivity contribution >= 4 is 11.6 Å². The fourth-order valence-corrected chi connectivity index (χ4v) is 2.48. The zero-order valence-corrected chi connectivity index (χ0v) is 11.7.